The van der Waals surface area contributed by atoms with Gasteiger partial charge < -0.3 is 30.7 Å². The van der Waals surface area contributed by atoms with Gasteiger partial charge in [-0.3, -0.25) is 9.59 Å². The molecule has 3 amide bonds. The topological polar surface area (TPSA) is 137 Å². The maximum Gasteiger partial charge on any atom is 0.407 e. The minimum absolute atomic E-state index is 0.188. The van der Waals surface area contributed by atoms with Crippen LogP contribution in [0.4, 0.5) is 4.79 Å². The summed E-state index contributed by atoms with van der Waals surface area (Å²) in [4.78, 5) is 56.3. The van der Waals surface area contributed by atoms with Crippen molar-refractivity contribution in [1.82, 2.24) is 20.9 Å². The van der Waals surface area contributed by atoms with Crippen LogP contribution < -0.4 is 16.0 Å². The SMILES string of the molecule is CSCCC(NC(=O)C1Cc2ccccc2CN1C(=O)[C@@H](NCC(CSC(c1ccccc1)(c1ccccc1)c1ccccc1)NC(=O)OC(C)(C)C)C(C)(C)C)C(=O)O. The third-order valence-electron chi connectivity index (χ3n) is 10.5. The van der Waals surface area contributed by atoms with Crippen LogP contribution in [0, 0.1) is 5.41 Å². The monoisotopic (exact) mass is 852 g/mol. The number of alkyl carbamates (subject to hydrolysis) is 1. The van der Waals surface area contributed by atoms with Crippen molar-refractivity contribution in [3.8, 4) is 0 Å². The molecule has 3 unspecified atom stereocenters. The van der Waals surface area contributed by atoms with Gasteiger partial charge in [0.15, 0.2) is 0 Å². The van der Waals surface area contributed by atoms with Crippen LogP contribution in [0.2, 0.25) is 0 Å². The molecule has 1 aliphatic heterocycles. The van der Waals surface area contributed by atoms with Gasteiger partial charge >= 0.3 is 12.1 Å². The summed E-state index contributed by atoms with van der Waals surface area (Å²) < 4.78 is 5.10. The average molecular weight is 853 g/mol. The molecule has 4 aromatic carbocycles. The van der Waals surface area contributed by atoms with Crippen molar-refractivity contribution in [2.45, 2.75) is 95.4 Å². The number of benzene rings is 4. The van der Waals surface area contributed by atoms with Crippen molar-refractivity contribution in [2.75, 3.05) is 24.3 Å². The molecule has 4 aromatic rings. The Morgan fingerprint density at radius 3 is 1.77 bits per heavy atom. The zero-order valence-electron chi connectivity index (χ0n) is 35.8. The third-order valence-corrected chi connectivity index (χ3v) is 12.9. The van der Waals surface area contributed by atoms with Crippen LogP contribution in [0.3, 0.4) is 0 Å². The number of rotatable bonds is 17. The number of aliphatic carboxylic acids is 1. The Morgan fingerprint density at radius 2 is 1.28 bits per heavy atom. The number of carboxylic acid groups (broad SMARTS) is 1. The lowest BCUT2D eigenvalue weighted by molar-refractivity contribution is -0.147. The molecule has 0 radical (unpaired) electrons. The van der Waals surface area contributed by atoms with Crippen molar-refractivity contribution in [2.24, 2.45) is 5.41 Å². The number of carbonyl (C=O) groups is 4. The molecule has 1 aliphatic rings. The number of carboxylic acids is 1. The van der Waals surface area contributed by atoms with Crippen LogP contribution in [0.5, 0.6) is 0 Å². The average Bonchev–Trinajstić information content (AvgIpc) is 3.21. The molecular weight excluding hydrogens is 793 g/mol. The molecule has 4 N–H and O–H groups in total. The highest BCUT2D eigenvalue weighted by molar-refractivity contribution is 8.00. The fourth-order valence-corrected chi connectivity index (χ4v) is 9.59. The van der Waals surface area contributed by atoms with Gasteiger partial charge in [0.1, 0.15) is 17.7 Å². The Kier molecular flexibility index (Phi) is 15.9. The summed E-state index contributed by atoms with van der Waals surface area (Å²) in [5, 5.41) is 19.4. The first-order valence-corrected chi connectivity index (χ1v) is 22.8. The molecule has 12 heteroatoms. The predicted octanol–water partition coefficient (Wildman–Crippen LogP) is 7.89. The lowest BCUT2D eigenvalue weighted by Gasteiger charge is -2.42. The first-order chi connectivity index (χ1) is 28.5. The molecule has 0 saturated heterocycles. The van der Waals surface area contributed by atoms with Crippen LogP contribution in [0.1, 0.15) is 75.8 Å². The highest BCUT2D eigenvalue weighted by Crippen LogP contribution is 2.48. The first kappa shape index (κ1) is 46.3. The van der Waals surface area contributed by atoms with Gasteiger partial charge in [0, 0.05) is 25.3 Å². The fraction of sp³-hybridized carbons (Fsp3) is 0.417. The number of nitrogens with zero attached hydrogens (tertiary/aromatic N) is 1. The van der Waals surface area contributed by atoms with Crippen molar-refractivity contribution < 1.29 is 29.0 Å². The Labute approximate surface area is 364 Å². The van der Waals surface area contributed by atoms with E-state index < -0.39 is 57.9 Å². The van der Waals surface area contributed by atoms with Crippen molar-refractivity contribution >= 4 is 47.4 Å². The Morgan fingerprint density at radius 1 is 0.767 bits per heavy atom. The lowest BCUT2D eigenvalue weighted by Crippen LogP contribution is -2.62. The van der Waals surface area contributed by atoms with Crippen LogP contribution in [0.15, 0.2) is 115 Å². The van der Waals surface area contributed by atoms with E-state index in [1.807, 2.05) is 127 Å². The van der Waals surface area contributed by atoms with Gasteiger partial charge in [-0.05, 0) is 72.4 Å². The van der Waals surface area contributed by atoms with Crippen LogP contribution in [0.25, 0.3) is 0 Å². The molecule has 5 rings (SSSR count). The summed E-state index contributed by atoms with van der Waals surface area (Å²) in [6.45, 7) is 11.7. The molecule has 320 valence electrons. The Bertz CT molecular complexity index is 1940. The zero-order chi connectivity index (χ0) is 43.5. The molecule has 60 heavy (non-hydrogen) atoms. The molecule has 4 atom stereocenters. The molecule has 0 saturated carbocycles. The van der Waals surface area contributed by atoms with Crippen LogP contribution in [-0.2, 0) is 36.8 Å². The summed E-state index contributed by atoms with van der Waals surface area (Å²) in [5.41, 5.74) is 3.72. The van der Waals surface area contributed by atoms with E-state index in [0.29, 0.717) is 11.5 Å². The second-order valence-corrected chi connectivity index (χ2v) is 19.5. The summed E-state index contributed by atoms with van der Waals surface area (Å²) in [5.74, 6) is -0.922. The molecule has 0 aliphatic carbocycles. The fourth-order valence-electron chi connectivity index (χ4n) is 7.56. The highest BCUT2D eigenvalue weighted by atomic mass is 32.2. The number of hydrogen-bond donors (Lipinski definition) is 4. The molecule has 1 heterocycles. The largest absolute Gasteiger partial charge is 0.480 e. The molecule has 10 nitrogen and oxygen atoms in total. The Balaban J connectivity index is 1.49. The van der Waals surface area contributed by atoms with E-state index in [-0.39, 0.29) is 31.8 Å². The number of fused-ring (bicyclic) bond motifs is 1. The zero-order valence-corrected chi connectivity index (χ0v) is 37.4. The van der Waals surface area contributed by atoms with Gasteiger partial charge in [-0.1, -0.05) is 136 Å². The third kappa shape index (κ3) is 11.9. The van der Waals surface area contributed by atoms with Gasteiger partial charge in [-0.15, -0.1) is 11.8 Å². The highest BCUT2D eigenvalue weighted by Gasteiger charge is 2.43. The van der Waals surface area contributed by atoms with Gasteiger partial charge in [0.05, 0.1) is 16.8 Å². The second-order valence-electron chi connectivity index (χ2n) is 17.3. The Hall–Kier alpha value is -4.78. The van der Waals surface area contributed by atoms with Crippen LogP contribution >= 0.6 is 23.5 Å². The van der Waals surface area contributed by atoms with E-state index in [9.17, 15) is 19.5 Å². The molecule has 0 spiro atoms. The van der Waals surface area contributed by atoms with E-state index in [1.54, 1.807) is 16.7 Å². The normalized spacial score (nSPS) is 15.8. The lowest BCUT2D eigenvalue weighted by atomic mass is 9.84. The number of ether oxygens (including phenoxy) is 1. The molecular formula is C48H60N4O6S2. The van der Waals surface area contributed by atoms with Gasteiger partial charge in [-0.25, -0.2) is 9.59 Å². The van der Waals surface area contributed by atoms with Crippen molar-refractivity contribution in [3.63, 3.8) is 0 Å². The first-order valence-electron chi connectivity index (χ1n) is 20.5. The standard InChI is InChI=1S/C48H60N4O6S2/c1-46(2,3)41(43(54)52-31-34-20-18-17-19-33(34)29-40(52)42(53)51-39(44(55)56)27-28-59-7)49-30-38(50-45(57)58-47(4,5)6)32-60-48(35-21-11-8-12-22-35,36-23-13-9-14-24-36)37-25-15-10-16-26-37/h8-26,38-41,49H,27-32H2,1-7H3,(H,50,57)(H,51,53)(H,55,56)/t38?,39?,40?,41-/m1/s1. The predicted molar refractivity (Wildman–Crippen MR) is 243 cm³/mol. The number of nitrogens with one attached hydrogen (secondary N) is 3. The van der Waals surface area contributed by atoms with Gasteiger partial charge in [0.25, 0.3) is 0 Å². The van der Waals surface area contributed by atoms with Gasteiger partial charge in [-0.2, -0.15) is 11.8 Å². The van der Waals surface area contributed by atoms with E-state index in [4.69, 9.17) is 4.74 Å². The van der Waals surface area contributed by atoms with E-state index in [2.05, 4.69) is 52.3 Å². The molecule has 0 bridgehead atoms. The number of amides is 3. The van der Waals surface area contributed by atoms with E-state index in [1.165, 1.54) is 11.8 Å². The van der Waals surface area contributed by atoms with E-state index >= 15 is 4.79 Å². The maximum absolute atomic E-state index is 15.0. The number of hydrogen-bond acceptors (Lipinski definition) is 8. The minimum atomic E-state index is -1.11. The summed E-state index contributed by atoms with van der Waals surface area (Å²) >= 11 is 3.20. The quantitative estimate of drug-likeness (QED) is 0.0783. The van der Waals surface area contributed by atoms with Gasteiger partial charge in [0.2, 0.25) is 11.8 Å². The maximum atomic E-state index is 15.0. The van der Waals surface area contributed by atoms with Crippen LogP contribution in [-0.4, -0.2) is 88.0 Å². The number of carbonyl (C=O) groups excluding carboxylic acids is 3. The van der Waals surface area contributed by atoms with Crippen molar-refractivity contribution in [1.29, 1.82) is 0 Å². The second kappa shape index (κ2) is 20.7. The summed E-state index contributed by atoms with van der Waals surface area (Å²) in [7, 11) is 0. The molecule has 0 aromatic heterocycles. The summed E-state index contributed by atoms with van der Waals surface area (Å²) in [6, 6.07) is 35.4. The summed E-state index contributed by atoms with van der Waals surface area (Å²) in [6.07, 6.45) is 1.82. The smallest absolute Gasteiger partial charge is 0.407 e. The molecule has 0 fully saturated rings. The minimum Gasteiger partial charge on any atom is -0.480 e. The van der Waals surface area contributed by atoms with E-state index in [0.717, 1.165) is 27.8 Å². The number of thioether (sulfide) groups is 2. The van der Waals surface area contributed by atoms with Crippen molar-refractivity contribution in [3.05, 3.63) is 143 Å².